The minimum atomic E-state index is -0.124. The summed E-state index contributed by atoms with van der Waals surface area (Å²) >= 11 is 0. The van der Waals surface area contributed by atoms with E-state index in [2.05, 4.69) is 4.98 Å². The SMILES string of the molecule is COc1cc(OC)cc(-c2cn([C@@H]3CCCO3)c(CO)n2)c1. The number of ether oxygens (including phenoxy) is 3. The number of methoxy groups -OCH3 is 2. The van der Waals surface area contributed by atoms with Crippen molar-refractivity contribution in [2.24, 2.45) is 0 Å². The molecule has 0 bridgehead atoms. The summed E-state index contributed by atoms with van der Waals surface area (Å²) in [5, 5.41) is 9.55. The molecule has 2 aromatic rings. The Kier molecular flexibility index (Phi) is 4.31. The van der Waals surface area contributed by atoms with Crippen molar-refractivity contribution < 1.29 is 19.3 Å². The molecule has 1 fully saturated rings. The Hall–Kier alpha value is -2.05. The summed E-state index contributed by atoms with van der Waals surface area (Å²) in [6.45, 7) is 0.622. The second kappa shape index (κ2) is 6.37. The standard InChI is InChI=1S/C16H20N2O4/c1-20-12-6-11(7-13(8-12)21-2)14-9-18(15(10-19)17-14)16-4-3-5-22-16/h6-9,16,19H,3-5,10H2,1-2H3/t16-/m0/s1. The molecular weight excluding hydrogens is 284 g/mol. The molecule has 1 aliphatic heterocycles. The predicted octanol–water partition coefficient (Wildman–Crippen LogP) is 2.37. The van der Waals surface area contributed by atoms with Crippen LogP contribution in [0.25, 0.3) is 11.3 Å². The van der Waals surface area contributed by atoms with Gasteiger partial charge in [-0.3, -0.25) is 0 Å². The van der Waals surface area contributed by atoms with Crippen molar-refractivity contribution in [1.29, 1.82) is 0 Å². The maximum Gasteiger partial charge on any atom is 0.137 e. The van der Waals surface area contributed by atoms with Gasteiger partial charge in [-0.15, -0.1) is 0 Å². The van der Waals surface area contributed by atoms with Crippen LogP contribution < -0.4 is 9.47 Å². The smallest absolute Gasteiger partial charge is 0.137 e. The Morgan fingerprint density at radius 2 is 2.00 bits per heavy atom. The van der Waals surface area contributed by atoms with Gasteiger partial charge in [-0.25, -0.2) is 4.98 Å². The van der Waals surface area contributed by atoms with Crippen molar-refractivity contribution >= 4 is 0 Å². The Labute approximate surface area is 129 Å². The molecule has 1 atom stereocenters. The molecule has 3 rings (SSSR count). The van der Waals surface area contributed by atoms with Gasteiger partial charge in [0.05, 0.1) is 19.9 Å². The lowest BCUT2D eigenvalue weighted by molar-refractivity contribution is 0.0511. The molecule has 1 N–H and O–H groups in total. The summed E-state index contributed by atoms with van der Waals surface area (Å²) in [6.07, 6.45) is 3.83. The lowest BCUT2D eigenvalue weighted by Gasteiger charge is -2.13. The summed E-state index contributed by atoms with van der Waals surface area (Å²) in [5.41, 5.74) is 1.64. The summed E-state index contributed by atoms with van der Waals surface area (Å²) in [5.74, 6) is 2.00. The van der Waals surface area contributed by atoms with Gasteiger partial charge in [0.1, 0.15) is 30.2 Å². The number of aliphatic hydroxyl groups is 1. The molecule has 22 heavy (non-hydrogen) atoms. The zero-order valence-electron chi connectivity index (χ0n) is 12.8. The minimum Gasteiger partial charge on any atom is -0.497 e. The van der Waals surface area contributed by atoms with E-state index in [1.807, 2.05) is 29.0 Å². The van der Waals surface area contributed by atoms with Gasteiger partial charge < -0.3 is 23.9 Å². The molecule has 6 heteroatoms. The summed E-state index contributed by atoms with van der Waals surface area (Å²) in [4.78, 5) is 4.52. The molecule has 2 heterocycles. The average Bonchev–Trinajstić information content (AvgIpc) is 3.22. The average molecular weight is 304 g/mol. The zero-order chi connectivity index (χ0) is 15.5. The lowest BCUT2D eigenvalue weighted by Crippen LogP contribution is -2.10. The van der Waals surface area contributed by atoms with E-state index < -0.39 is 0 Å². The van der Waals surface area contributed by atoms with Crippen LogP contribution in [0.1, 0.15) is 24.9 Å². The fraction of sp³-hybridized carbons (Fsp3) is 0.438. The third-order valence-electron chi connectivity index (χ3n) is 3.81. The van der Waals surface area contributed by atoms with Crippen LogP contribution in [0.4, 0.5) is 0 Å². The Morgan fingerprint density at radius 3 is 2.55 bits per heavy atom. The van der Waals surface area contributed by atoms with Crippen LogP contribution in [0.15, 0.2) is 24.4 Å². The maximum absolute atomic E-state index is 9.55. The van der Waals surface area contributed by atoms with Crippen LogP contribution in [0.3, 0.4) is 0 Å². The van der Waals surface area contributed by atoms with Gasteiger partial charge in [-0.05, 0) is 25.0 Å². The maximum atomic E-state index is 9.55. The first kappa shape index (κ1) is 14.9. The van der Waals surface area contributed by atoms with Gasteiger partial charge in [0, 0.05) is 24.4 Å². The van der Waals surface area contributed by atoms with Crippen LogP contribution in [0.5, 0.6) is 11.5 Å². The van der Waals surface area contributed by atoms with Gasteiger partial charge in [0.15, 0.2) is 0 Å². The number of hydrogen-bond donors (Lipinski definition) is 1. The van der Waals surface area contributed by atoms with E-state index in [-0.39, 0.29) is 12.8 Å². The van der Waals surface area contributed by atoms with Crippen molar-refractivity contribution in [2.75, 3.05) is 20.8 Å². The molecule has 118 valence electrons. The zero-order valence-corrected chi connectivity index (χ0v) is 12.8. The van der Waals surface area contributed by atoms with Crippen molar-refractivity contribution in [3.63, 3.8) is 0 Å². The van der Waals surface area contributed by atoms with E-state index in [1.165, 1.54) is 0 Å². The fourth-order valence-electron chi connectivity index (χ4n) is 2.67. The lowest BCUT2D eigenvalue weighted by atomic mass is 10.1. The second-order valence-electron chi connectivity index (χ2n) is 5.18. The number of imidazole rings is 1. The first-order valence-corrected chi connectivity index (χ1v) is 7.29. The molecule has 1 aromatic carbocycles. The molecule has 0 unspecified atom stereocenters. The monoisotopic (exact) mass is 304 g/mol. The number of hydrogen-bond acceptors (Lipinski definition) is 5. The highest BCUT2D eigenvalue weighted by Gasteiger charge is 2.21. The highest BCUT2D eigenvalue weighted by atomic mass is 16.5. The molecule has 1 aliphatic rings. The Balaban J connectivity index is 2.01. The molecule has 0 spiro atoms. The molecule has 0 saturated carbocycles. The Morgan fingerprint density at radius 1 is 1.27 bits per heavy atom. The number of aliphatic hydroxyl groups excluding tert-OH is 1. The largest absolute Gasteiger partial charge is 0.497 e. The van der Waals surface area contributed by atoms with Crippen LogP contribution >= 0.6 is 0 Å². The van der Waals surface area contributed by atoms with Gasteiger partial charge in [0.2, 0.25) is 0 Å². The number of rotatable bonds is 5. The number of nitrogens with zero attached hydrogens (tertiary/aromatic N) is 2. The van der Waals surface area contributed by atoms with E-state index in [1.54, 1.807) is 14.2 Å². The van der Waals surface area contributed by atoms with E-state index in [0.717, 1.165) is 30.7 Å². The third-order valence-corrected chi connectivity index (χ3v) is 3.81. The molecule has 1 aromatic heterocycles. The highest BCUT2D eigenvalue weighted by Crippen LogP contribution is 2.32. The van der Waals surface area contributed by atoms with Crippen molar-refractivity contribution in [1.82, 2.24) is 9.55 Å². The van der Waals surface area contributed by atoms with Crippen molar-refractivity contribution in [3.8, 4) is 22.8 Å². The van der Waals surface area contributed by atoms with E-state index in [9.17, 15) is 5.11 Å². The van der Waals surface area contributed by atoms with E-state index in [0.29, 0.717) is 17.3 Å². The van der Waals surface area contributed by atoms with Crippen molar-refractivity contribution in [2.45, 2.75) is 25.7 Å². The van der Waals surface area contributed by atoms with Crippen LogP contribution in [-0.4, -0.2) is 35.5 Å². The molecule has 0 amide bonds. The van der Waals surface area contributed by atoms with Gasteiger partial charge in [0.25, 0.3) is 0 Å². The van der Waals surface area contributed by atoms with Crippen molar-refractivity contribution in [3.05, 3.63) is 30.2 Å². The van der Waals surface area contributed by atoms with Crippen LogP contribution in [0, 0.1) is 0 Å². The molecular formula is C16H20N2O4. The number of benzene rings is 1. The summed E-state index contributed by atoms with van der Waals surface area (Å²) in [7, 11) is 3.23. The minimum absolute atomic E-state index is 0.0455. The second-order valence-corrected chi connectivity index (χ2v) is 5.18. The van der Waals surface area contributed by atoms with Gasteiger partial charge in [-0.1, -0.05) is 0 Å². The summed E-state index contributed by atoms with van der Waals surface area (Å²) < 4.78 is 18.2. The highest BCUT2D eigenvalue weighted by molar-refractivity contribution is 5.63. The summed E-state index contributed by atoms with van der Waals surface area (Å²) in [6, 6.07) is 5.60. The molecule has 0 radical (unpaired) electrons. The molecule has 6 nitrogen and oxygen atoms in total. The Bertz CT molecular complexity index is 625. The normalized spacial score (nSPS) is 17.7. The number of aromatic nitrogens is 2. The topological polar surface area (TPSA) is 65.7 Å². The predicted molar refractivity (Wildman–Crippen MR) is 80.9 cm³/mol. The quantitative estimate of drug-likeness (QED) is 0.918. The van der Waals surface area contributed by atoms with Gasteiger partial charge in [-0.2, -0.15) is 0 Å². The first-order valence-electron chi connectivity index (χ1n) is 7.29. The van der Waals surface area contributed by atoms with Crippen LogP contribution in [0.2, 0.25) is 0 Å². The first-order chi connectivity index (χ1) is 10.7. The fourth-order valence-corrected chi connectivity index (χ4v) is 2.67. The van der Waals surface area contributed by atoms with Gasteiger partial charge >= 0.3 is 0 Å². The van der Waals surface area contributed by atoms with Crippen LogP contribution in [-0.2, 0) is 11.3 Å². The molecule has 0 aliphatic carbocycles. The van der Waals surface area contributed by atoms with E-state index >= 15 is 0 Å². The van der Waals surface area contributed by atoms with E-state index in [4.69, 9.17) is 14.2 Å². The third kappa shape index (κ3) is 2.80. The molecule has 1 saturated heterocycles.